The molecule has 1 fully saturated rings. The van der Waals surface area contributed by atoms with E-state index in [0.29, 0.717) is 10.9 Å². The number of anilines is 3. The van der Waals surface area contributed by atoms with E-state index in [1.54, 1.807) is 0 Å². The van der Waals surface area contributed by atoms with Crippen LogP contribution in [0, 0.1) is 0 Å². The zero-order chi connectivity index (χ0) is 18.6. The summed E-state index contributed by atoms with van der Waals surface area (Å²) in [6, 6.07) is 28.5. The van der Waals surface area contributed by atoms with E-state index >= 15 is 0 Å². The Kier molecular flexibility index (Phi) is 5.35. The Morgan fingerprint density at radius 3 is 1.81 bits per heavy atom. The van der Waals surface area contributed by atoms with Gasteiger partial charge in [-0.3, -0.25) is 0 Å². The van der Waals surface area contributed by atoms with Gasteiger partial charge >= 0.3 is 0 Å². The summed E-state index contributed by atoms with van der Waals surface area (Å²) in [5.74, 6) is 2.73. The lowest BCUT2D eigenvalue weighted by Crippen LogP contribution is -2.10. The first-order valence-electron chi connectivity index (χ1n) is 9.61. The Balaban J connectivity index is 1.71. The fourth-order valence-electron chi connectivity index (χ4n) is 3.60. The average molecular weight is 373 g/mol. The Labute approximate surface area is 165 Å². The van der Waals surface area contributed by atoms with Crippen molar-refractivity contribution in [2.45, 2.75) is 24.7 Å². The van der Waals surface area contributed by atoms with Crippen LogP contribution < -0.4 is 4.90 Å². The van der Waals surface area contributed by atoms with Gasteiger partial charge in [-0.15, -0.1) is 0 Å². The van der Waals surface area contributed by atoms with Crippen molar-refractivity contribution in [1.29, 1.82) is 0 Å². The topological polar surface area (TPSA) is 3.24 Å². The molecule has 0 radical (unpaired) electrons. The van der Waals surface area contributed by atoms with E-state index in [4.69, 9.17) is 0 Å². The molecule has 1 saturated heterocycles. The maximum atomic E-state index is 4.05. The van der Waals surface area contributed by atoms with Crippen LogP contribution in [0.15, 0.2) is 90.3 Å². The molecule has 0 saturated carbocycles. The lowest BCUT2D eigenvalue weighted by atomic mass is 10.1. The van der Waals surface area contributed by atoms with Crippen LogP contribution in [0.4, 0.5) is 17.1 Å². The van der Waals surface area contributed by atoms with Crippen LogP contribution in [0.3, 0.4) is 0 Å². The first-order chi connectivity index (χ1) is 13.2. The molecule has 27 heavy (non-hydrogen) atoms. The van der Waals surface area contributed by atoms with Gasteiger partial charge in [-0.05, 0) is 73.9 Å². The zero-order valence-electron chi connectivity index (χ0n) is 15.9. The summed E-state index contributed by atoms with van der Waals surface area (Å²) in [5.41, 5.74) is 5.83. The minimum absolute atomic E-state index is 0.462. The van der Waals surface area contributed by atoms with Gasteiger partial charge in [-0.25, -0.2) is 0 Å². The third-order valence-corrected chi connectivity index (χ3v) is 7.59. The van der Waals surface area contributed by atoms with Crippen LogP contribution in [-0.2, 0) is 10.9 Å². The quantitative estimate of drug-likeness (QED) is 0.438. The van der Waals surface area contributed by atoms with Gasteiger partial charge in [0.25, 0.3) is 0 Å². The monoisotopic (exact) mass is 372 g/mol. The number of hydrogen-bond acceptors (Lipinski definition) is 1. The largest absolute Gasteiger partial charge is 0.310 e. The molecule has 3 aromatic rings. The molecular formula is C25H26NS+. The molecule has 4 rings (SSSR count). The van der Waals surface area contributed by atoms with Crippen molar-refractivity contribution in [1.82, 2.24) is 0 Å². The summed E-state index contributed by atoms with van der Waals surface area (Å²) >= 11 is 0. The maximum absolute atomic E-state index is 4.05. The highest BCUT2D eigenvalue weighted by Gasteiger charge is 2.26. The number of hydrogen-bond donors (Lipinski definition) is 0. The van der Waals surface area contributed by atoms with Crippen LogP contribution in [0.25, 0.3) is 5.57 Å². The first kappa shape index (κ1) is 17.9. The lowest BCUT2D eigenvalue weighted by Gasteiger charge is -2.25. The van der Waals surface area contributed by atoms with Crippen molar-refractivity contribution in [2.75, 3.05) is 16.4 Å². The highest BCUT2D eigenvalue weighted by molar-refractivity contribution is 7.97. The van der Waals surface area contributed by atoms with Crippen LogP contribution in [0.1, 0.15) is 25.3 Å². The van der Waals surface area contributed by atoms with Gasteiger partial charge in [0.15, 0.2) is 4.90 Å². The summed E-state index contributed by atoms with van der Waals surface area (Å²) in [6.45, 7) is 6.10. The predicted octanol–water partition coefficient (Wildman–Crippen LogP) is 6.96. The molecule has 0 N–H and O–H groups in total. The summed E-state index contributed by atoms with van der Waals surface area (Å²) < 4.78 is 0. The minimum Gasteiger partial charge on any atom is -0.310 e. The molecule has 1 nitrogen and oxygen atoms in total. The molecule has 0 aliphatic carbocycles. The second-order valence-corrected chi connectivity index (χ2v) is 9.37. The van der Waals surface area contributed by atoms with E-state index in [9.17, 15) is 0 Å². The predicted molar refractivity (Wildman–Crippen MR) is 120 cm³/mol. The zero-order valence-corrected chi connectivity index (χ0v) is 16.7. The fourth-order valence-corrected chi connectivity index (χ4v) is 5.90. The van der Waals surface area contributed by atoms with E-state index in [-0.39, 0.29) is 0 Å². The second-order valence-electron chi connectivity index (χ2n) is 7.10. The Morgan fingerprint density at radius 2 is 1.26 bits per heavy atom. The van der Waals surface area contributed by atoms with Crippen molar-refractivity contribution >= 4 is 33.5 Å². The van der Waals surface area contributed by atoms with Gasteiger partial charge in [-0.1, -0.05) is 42.5 Å². The molecule has 1 heterocycles. The van der Waals surface area contributed by atoms with E-state index < -0.39 is 0 Å². The summed E-state index contributed by atoms with van der Waals surface area (Å²) in [5, 5.41) is 0. The van der Waals surface area contributed by atoms with Crippen molar-refractivity contribution in [3.05, 3.63) is 91.0 Å². The Hall–Kier alpha value is -2.45. The molecule has 0 aromatic heterocycles. The number of nitrogens with zero attached hydrogens (tertiary/aromatic N) is 1. The smallest absolute Gasteiger partial charge is 0.155 e. The van der Waals surface area contributed by atoms with E-state index in [2.05, 4.69) is 90.3 Å². The second kappa shape index (κ2) is 8.06. The van der Waals surface area contributed by atoms with Gasteiger partial charge in [-0.2, -0.15) is 0 Å². The maximum Gasteiger partial charge on any atom is 0.155 e. The summed E-state index contributed by atoms with van der Waals surface area (Å²) in [6.07, 6.45) is 2.77. The number of benzene rings is 3. The van der Waals surface area contributed by atoms with Crippen LogP contribution in [0.5, 0.6) is 0 Å². The Bertz CT molecular complexity index is 891. The third kappa shape index (κ3) is 3.96. The molecule has 0 amide bonds. The van der Waals surface area contributed by atoms with Crippen LogP contribution in [0.2, 0.25) is 0 Å². The average Bonchev–Trinajstić information content (AvgIpc) is 3.25. The van der Waals surface area contributed by atoms with Gasteiger partial charge in [0.2, 0.25) is 0 Å². The van der Waals surface area contributed by atoms with Gasteiger partial charge < -0.3 is 4.90 Å². The minimum atomic E-state index is 0.462. The normalized spacial score (nSPS) is 14.3. The van der Waals surface area contributed by atoms with E-state index in [0.717, 1.165) is 5.57 Å². The SMILES string of the molecule is C=C(C)c1ccc(N(c2ccccc2)c2ccc([S+]3CCCC3)cc2)cc1. The standard InChI is InChI=1S/C25H26NS/c1-20(2)21-10-12-23(13-11-21)26(22-8-4-3-5-9-22)24-14-16-25(17-15-24)27-18-6-7-19-27/h3-5,8-17H,1,6-7,18-19H2,2H3/q+1. The third-order valence-electron chi connectivity index (χ3n) is 5.09. The van der Waals surface area contributed by atoms with Crippen molar-refractivity contribution in [2.24, 2.45) is 0 Å². The number of rotatable bonds is 5. The lowest BCUT2D eigenvalue weighted by molar-refractivity contribution is 0.949. The van der Waals surface area contributed by atoms with Crippen LogP contribution in [-0.4, -0.2) is 11.5 Å². The molecule has 3 aromatic carbocycles. The fraction of sp³-hybridized carbons (Fsp3) is 0.200. The number of para-hydroxylation sites is 1. The van der Waals surface area contributed by atoms with Gasteiger partial charge in [0.1, 0.15) is 11.5 Å². The van der Waals surface area contributed by atoms with E-state index in [1.165, 1.54) is 51.9 Å². The molecule has 0 unspecified atom stereocenters. The molecule has 2 heteroatoms. The summed E-state index contributed by atoms with van der Waals surface area (Å²) in [4.78, 5) is 3.84. The molecule has 1 aliphatic rings. The molecule has 0 spiro atoms. The highest BCUT2D eigenvalue weighted by atomic mass is 32.2. The molecule has 0 bridgehead atoms. The van der Waals surface area contributed by atoms with Gasteiger partial charge in [0.05, 0.1) is 0 Å². The highest BCUT2D eigenvalue weighted by Crippen LogP contribution is 2.35. The molecule has 1 aliphatic heterocycles. The van der Waals surface area contributed by atoms with Gasteiger partial charge in [0, 0.05) is 28.0 Å². The van der Waals surface area contributed by atoms with Crippen molar-refractivity contribution in [3.8, 4) is 0 Å². The Morgan fingerprint density at radius 1 is 0.741 bits per heavy atom. The van der Waals surface area contributed by atoms with Crippen molar-refractivity contribution in [3.63, 3.8) is 0 Å². The molecule has 136 valence electrons. The summed E-state index contributed by atoms with van der Waals surface area (Å²) in [7, 11) is 0.462. The number of allylic oxidation sites excluding steroid dienone is 1. The molecule has 0 atom stereocenters. The van der Waals surface area contributed by atoms with Crippen LogP contribution >= 0.6 is 0 Å². The van der Waals surface area contributed by atoms with Crippen molar-refractivity contribution < 1.29 is 0 Å². The molecular weight excluding hydrogens is 346 g/mol. The van der Waals surface area contributed by atoms with E-state index in [1.807, 2.05) is 6.92 Å². The first-order valence-corrected chi connectivity index (χ1v) is 11.2.